The molecule has 2 N–H and O–H groups in total. The Kier molecular flexibility index (Phi) is 5.92. The Morgan fingerprint density at radius 3 is 2.58 bits per heavy atom. The van der Waals surface area contributed by atoms with Gasteiger partial charge in [0.15, 0.2) is 0 Å². The topological polar surface area (TPSA) is 47.6 Å². The number of carbonyl (C=O) groups is 1. The molecular formula is C14H28N4O. The Morgan fingerprint density at radius 2 is 1.95 bits per heavy atom. The predicted octanol–water partition coefficient (Wildman–Crippen LogP) is 1.56. The summed E-state index contributed by atoms with van der Waals surface area (Å²) in [4.78, 5) is 14.5. The molecule has 0 spiro atoms. The summed E-state index contributed by atoms with van der Waals surface area (Å²) >= 11 is 0. The SMILES string of the molecule is CCCN(C(=O)NN1CCCCC1)C1CCNCC1. The van der Waals surface area contributed by atoms with Gasteiger partial charge in [-0.15, -0.1) is 0 Å². The monoisotopic (exact) mass is 268 g/mol. The van der Waals surface area contributed by atoms with Gasteiger partial charge in [0, 0.05) is 25.7 Å². The molecular weight excluding hydrogens is 240 g/mol. The number of nitrogens with one attached hydrogen (secondary N) is 2. The van der Waals surface area contributed by atoms with Crippen molar-refractivity contribution in [2.75, 3.05) is 32.7 Å². The lowest BCUT2D eigenvalue weighted by Crippen LogP contribution is -2.55. The van der Waals surface area contributed by atoms with E-state index in [-0.39, 0.29) is 6.03 Å². The number of hydrogen-bond acceptors (Lipinski definition) is 3. The third kappa shape index (κ3) is 4.35. The standard InChI is InChI=1S/C14H28N4O/c1-2-10-18(13-6-8-15-9-7-13)14(19)16-17-11-4-3-5-12-17/h13,15H,2-12H2,1H3,(H,16,19). The molecule has 2 aliphatic rings. The van der Waals surface area contributed by atoms with Crippen LogP contribution in [0, 0.1) is 0 Å². The van der Waals surface area contributed by atoms with Gasteiger partial charge in [-0.05, 0) is 45.2 Å². The van der Waals surface area contributed by atoms with Crippen LogP contribution in [0.5, 0.6) is 0 Å². The molecule has 0 aromatic rings. The van der Waals surface area contributed by atoms with Crippen LogP contribution in [-0.2, 0) is 0 Å². The fourth-order valence-electron chi connectivity index (χ4n) is 3.01. The number of piperidine rings is 2. The summed E-state index contributed by atoms with van der Waals surface area (Å²) in [7, 11) is 0. The summed E-state index contributed by atoms with van der Waals surface area (Å²) in [5.74, 6) is 0. The highest BCUT2D eigenvalue weighted by molar-refractivity contribution is 5.74. The van der Waals surface area contributed by atoms with E-state index in [4.69, 9.17) is 0 Å². The van der Waals surface area contributed by atoms with Gasteiger partial charge in [0.2, 0.25) is 0 Å². The van der Waals surface area contributed by atoms with Crippen molar-refractivity contribution in [1.82, 2.24) is 20.7 Å². The third-order valence-corrected chi connectivity index (χ3v) is 4.08. The predicted molar refractivity (Wildman–Crippen MR) is 76.8 cm³/mol. The number of rotatable bonds is 4. The Hall–Kier alpha value is -0.810. The number of hydrogen-bond donors (Lipinski definition) is 2. The van der Waals surface area contributed by atoms with E-state index in [1.807, 2.05) is 0 Å². The Labute approximate surface area is 116 Å². The summed E-state index contributed by atoms with van der Waals surface area (Å²) in [6.07, 6.45) is 6.86. The normalized spacial score (nSPS) is 22.2. The highest BCUT2D eigenvalue weighted by atomic mass is 16.2. The fraction of sp³-hybridized carbons (Fsp3) is 0.929. The molecule has 19 heavy (non-hydrogen) atoms. The number of carbonyl (C=O) groups excluding carboxylic acids is 1. The van der Waals surface area contributed by atoms with Crippen LogP contribution >= 0.6 is 0 Å². The number of nitrogens with zero attached hydrogens (tertiary/aromatic N) is 2. The van der Waals surface area contributed by atoms with E-state index in [0.29, 0.717) is 6.04 Å². The van der Waals surface area contributed by atoms with Crippen molar-refractivity contribution in [3.63, 3.8) is 0 Å². The molecule has 2 fully saturated rings. The van der Waals surface area contributed by atoms with Gasteiger partial charge in [-0.25, -0.2) is 9.80 Å². The number of hydrazine groups is 1. The highest BCUT2D eigenvalue weighted by Crippen LogP contribution is 2.13. The van der Waals surface area contributed by atoms with E-state index in [1.54, 1.807) is 0 Å². The summed E-state index contributed by atoms with van der Waals surface area (Å²) in [6, 6.07) is 0.515. The van der Waals surface area contributed by atoms with Crippen molar-refractivity contribution in [3.8, 4) is 0 Å². The number of amides is 2. The van der Waals surface area contributed by atoms with Crippen LogP contribution in [0.4, 0.5) is 4.79 Å². The summed E-state index contributed by atoms with van der Waals surface area (Å²) in [5, 5.41) is 5.46. The maximum atomic E-state index is 12.5. The molecule has 2 amide bonds. The average Bonchev–Trinajstić information content (AvgIpc) is 2.46. The second-order valence-electron chi connectivity index (χ2n) is 5.64. The lowest BCUT2D eigenvalue weighted by molar-refractivity contribution is 0.111. The van der Waals surface area contributed by atoms with Crippen molar-refractivity contribution in [1.29, 1.82) is 0 Å². The van der Waals surface area contributed by atoms with E-state index in [9.17, 15) is 4.79 Å². The van der Waals surface area contributed by atoms with Crippen molar-refractivity contribution in [2.24, 2.45) is 0 Å². The van der Waals surface area contributed by atoms with Gasteiger partial charge in [-0.1, -0.05) is 13.3 Å². The largest absolute Gasteiger partial charge is 0.332 e. The minimum atomic E-state index is 0.107. The molecule has 2 aliphatic heterocycles. The maximum absolute atomic E-state index is 12.5. The van der Waals surface area contributed by atoms with Gasteiger partial charge in [0.05, 0.1) is 0 Å². The Balaban J connectivity index is 1.87. The van der Waals surface area contributed by atoms with Gasteiger partial charge in [0.25, 0.3) is 0 Å². The van der Waals surface area contributed by atoms with Crippen molar-refractivity contribution >= 4 is 6.03 Å². The molecule has 2 heterocycles. The van der Waals surface area contributed by atoms with E-state index < -0.39 is 0 Å². The maximum Gasteiger partial charge on any atom is 0.332 e. The van der Waals surface area contributed by atoms with Crippen molar-refractivity contribution in [3.05, 3.63) is 0 Å². The minimum absolute atomic E-state index is 0.107. The molecule has 0 bridgehead atoms. The van der Waals surface area contributed by atoms with Crippen LogP contribution in [0.2, 0.25) is 0 Å². The molecule has 0 unspecified atom stereocenters. The molecule has 0 aromatic carbocycles. The second-order valence-corrected chi connectivity index (χ2v) is 5.64. The zero-order chi connectivity index (χ0) is 13.5. The minimum Gasteiger partial charge on any atom is -0.321 e. The van der Waals surface area contributed by atoms with E-state index in [2.05, 4.69) is 27.6 Å². The highest BCUT2D eigenvalue weighted by Gasteiger charge is 2.25. The van der Waals surface area contributed by atoms with Crippen LogP contribution in [0.15, 0.2) is 0 Å². The fourth-order valence-corrected chi connectivity index (χ4v) is 3.01. The van der Waals surface area contributed by atoms with E-state index in [0.717, 1.165) is 52.0 Å². The Morgan fingerprint density at radius 1 is 1.26 bits per heavy atom. The van der Waals surface area contributed by atoms with Crippen LogP contribution in [0.25, 0.3) is 0 Å². The summed E-state index contributed by atoms with van der Waals surface area (Å²) in [6.45, 7) is 7.06. The van der Waals surface area contributed by atoms with Crippen LogP contribution in [-0.4, -0.2) is 54.7 Å². The quantitative estimate of drug-likeness (QED) is 0.813. The van der Waals surface area contributed by atoms with Gasteiger partial charge >= 0.3 is 6.03 Å². The Bertz CT molecular complexity index is 273. The molecule has 5 heteroatoms. The zero-order valence-electron chi connectivity index (χ0n) is 12.2. The van der Waals surface area contributed by atoms with Gasteiger partial charge < -0.3 is 10.2 Å². The summed E-state index contributed by atoms with van der Waals surface area (Å²) < 4.78 is 0. The third-order valence-electron chi connectivity index (χ3n) is 4.08. The molecule has 110 valence electrons. The first kappa shape index (κ1) is 14.6. The zero-order valence-corrected chi connectivity index (χ0v) is 12.2. The van der Waals surface area contributed by atoms with Crippen LogP contribution in [0.1, 0.15) is 45.4 Å². The lowest BCUT2D eigenvalue weighted by Gasteiger charge is -2.37. The first-order chi connectivity index (χ1) is 9.31. The first-order valence-electron chi connectivity index (χ1n) is 7.84. The van der Waals surface area contributed by atoms with Gasteiger partial charge in [0.1, 0.15) is 0 Å². The van der Waals surface area contributed by atoms with Crippen LogP contribution < -0.4 is 10.7 Å². The molecule has 0 aliphatic carbocycles. The smallest absolute Gasteiger partial charge is 0.321 e. The molecule has 0 saturated carbocycles. The van der Waals surface area contributed by atoms with Crippen LogP contribution in [0.3, 0.4) is 0 Å². The molecule has 0 radical (unpaired) electrons. The molecule has 0 aromatic heterocycles. The number of urea groups is 1. The van der Waals surface area contributed by atoms with Gasteiger partial charge in [-0.3, -0.25) is 5.43 Å². The van der Waals surface area contributed by atoms with Crippen molar-refractivity contribution in [2.45, 2.75) is 51.5 Å². The molecule has 5 nitrogen and oxygen atoms in total. The average molecular weight is 268 g/mol. The summed E-state index contributed by atoms with van der Waals surface area (Å²) in [5.41, 5.74) is 3.10. The first-order valence-corrected chi connectivity index (χ1v) is 7.84. The molecule has 2 rings (SSSR count). The van der Waals surface area contributed by atoms with Gasteiger partial charge in [-0.2, -0.15) is 0 Å². The lowest BCUT2D eigenvalue weighted by atomic mass is 10.1. The van der Waals surface area contributed by atoms with E-state index >= 15 is 0 Å². The molecule has 2 saturated heterocycles. The van der Waals surface area contributed by atoms with Crippen molar-refractivity contribution < 1.29 is 4.79 Å². The molecule has 0 atom stereocenters. The second kappa shape index (κ2) is 7.70. The van der Waals surface area contributed by atoms with E-state index in [1.165, 1.54) is 19.3 Å².